The Hall–Kier alpha value is -3.01. The van der Waals surface area contributed by atoms with Gasteiger partial charge in [-0.05, 0) is 55.3 Å². The number of furan rings is 1. The van der Waals surface area contributed by atoms with Gasteiger partial charge in [0.2, 0.25) is 0 Å². The van der Waals surface area contributed by atoms with Crippen molar-refractivity contribution in [3.63, 3.8) is 0 Å². The van der Waals surface area contributed by atoms with E-state index in [1.165, 1.54) is 5.56 Å². The monoisotopic (exact) mass is 332 g/mol. The quantitative estimate of drug-likeness (QED) is 0.517. The van der Waals surface area contributed by atoms with Gasteiger partial charge in [-0.25, -0.2) is 4.98 Å². The minimum Gasteiger partial charge on any atom is -0.491 e. The Labute approximate surface area is 146 Å². The Kier molecular flexibility index (Phi) is 4.02. The number of fused-ring (bicyclic) bond motifs is 1. The lowest BCUT2D eigenvalue weighted by molar-refractivity contribution is 0.298. The van der Waals surface area contributed by atoms with Crippen molar-refractivity contribution in [1.82, 2.24) is 9.55 Å². The van der Waals surface area contributed by atoms with Gasteiger partial charge < -0.3 is 13.7 Å². The van der Waals surface area contributed by atoms with Gasteiger partial charge in [0.1, 0.15) is 12.4 Å². The van der Waals surface area contributed by atoms with Crippen molar-refractivity contribution in [1.29, 1.82) is 0 Å². The van der Waals surface area contributed by atoms with Crippen LogP contribution in [-0.4, -0.2) is 16.2 Å². The van der Waals surface area contributed by atoms with Crippen molar-refractivity contribution in [3.05, 3.63) is 72.0 Å². The second kappa shape index (κ2) is 6.48. The first-order chi connectivity index (χ1) is 12.2. The lowest BCUT2D eigenvalue weighted by atomic mass is 10.1. The first-order valence-corrected chi connectivity index (χ1v) is 8.41. The number of aromatic nitrogens is 2. The fourth-order valence-corrected chi connectivity index (χ4v) is 3.01. The standard InChI is InChI=1S/C21H20N2O2/c1-15-9-10-16(2)20(14-15)25-13-11-23-18-7-4-3-6-17(18)22-21(23)19-8-5-12-24-19/h3-10,12,14H,11,13H2,1-2H3. The van der Waals surface area contributed by atoms with E-state index < -0.39 is 0 Å². The van der Waals surface area contributed by atoms with Crippen LogP contribution < -0.4 is 4.74 Å². The third-order valence-corrected chi connectivity index (χ3v) is 4.31. The summed E-state index contributed by atoms with van der Waals surface area (Å²) in [4.78, 5) is 4.73. The molecule has 4 nitrogen and oxygen atoms in total. The smallest absolute Gasteiger partial charge is 0.177 e. The van der Waals surface area contributed by atoms with Gasteiger partial charge in [0.15, 0.2) is 11.6 Å². The first kappa shape index (κ1) is 15.5. The SMILES string of the molecule is Cc1ccc(C)c(OCCn2c(-c3ccco3)nc3ccccc32)c1. The maximum Gasteiger partial charge on any atom is 0.177 e. The molecule has 4 heteroatoms. The third kappa shape index (κ3) is 3.03. The minimum atomic E-state index is 0.568. The van der Waals surface area contributed by atoms with Crippen LogP contribution in [0, 0.1) is 13.8 Å². The topological polar surface area (TPSA) is 40.2 Å². The summed E-state index contributed by atoms with van der Waals surface area (Å²) in [5.74, 6) is 2.53. The van der Waals surface area contributed by atoms with E-state index in [1.807, 2.05) is 30.3 Å². The van der Waals surface area contributed by atoms with Crippen molar-refractivity contribution < 1.29 is 9.15 Å². The zero-order chi connectivity index (χ0) is 17.2. The molecule has 0 saturated carbocycles. The van der Waals surface area contributed by atoms with Gasteiger partial charge in [0.25, 0.3) is 0 Å². The van der Waals surface area contributed by atoms with Crippen molar-refractivity contribution in [2.45, 2.75) is 20.4 Å². The zero-order valence-electron chi connectivity index (χ0n) is 14.4. The van der Waals surface area contributed by atoms with Crippen LogP contribution >= 0.6 is 0 Å². The number of imidazole rings is 1. The average molecular weight is 332 g/mol. The number of ether oxygens (including phenoxy) is 1. The molecular formula is C21H20N2O2. The minimum absolute atomic E-state index is 0.568. The molecule has 2 heterocycles. The van der Waals surface area contributed by atoms with Crippen molar-refractivity contribution >= 4 is 11.0 Å². The van der Waals surface area contributed by atoms with Gasteiger partial charge in [0, 0.05) is 0 Å². The van der Waals surface area contributed by atoms with Crippen molar-refractivity contribution in [3.8, 4) is 17.3 Å². The molecule has 4 rings (SSSR count). The Balaban J connectivity index is 1.62. The molecular weight excluding hydrogens is 312 g/mol. The molecule has 2 aromatic carbocycles. The van der Waals surface area contributed by atoms with Gasteiger partial charge in [-0.3, -0.25) is 0 Å². The van der Waals surface area contributed by atoms with E-state index in [1.54, 1.807) is 6.26 Å². The molecule has 0 spiro atoms. The number of rotatable bonds is 5. The average Bonchev–Trinajstić information content (AvgIpc) is 3.26. The summed E-state index contributed by atoms with van der Waals surface area (Å²) in [7, 11) is 0. The van der Waals surface area contributed by atoms with E-state index in [-0.39, 0.29) is 0 Å². The summed E-state index contributed by atoms with van der Waals surface area (Å²) in [6.07, 6.45) is 1.67. The maximum absolute atomic E-state index is 6.03. The normalized spacial score (nSPS) is 11.1. The molecule has 0 N–H and O–H groups in total. The summed E-state index contributed by atoms with van der Waals surface area (Å²) in [5, 5.41) is 0. The van der Waals surface area contributed by atoms with Crippen LogP contribution in [0.25, 0.3) is 22.6 Å². The van der Waals surface area contributed by atoms with E-state index in [4.69, 9.17) is 14.1 Å². The molecule has 0 bridgehead atoms. The number of hydrogen-bond acceptors (Lipinski definition) is 3. The fourth-order valence-electron chi connectivity index (χ4n) is 3.01. The molecule has 126 valence electrons. The van der Waals surface area contributed by atoms with Crippen LogP contribution in [0.3, 0.4) is 0 Å². The largest absolute Gasteiger partial charge is 0.491 e. The van der Waals surface area contributed by atoms with Crippen LogP contribution in [0.4, 0.5) is 0 Å². The van der Waals surface area contributed by atoms with E-state index in [0.29, 0.717) is 13.2 Å². The second-order valence-electron chi connectivity index (χ2n) is 6.17. The van der Waals surface area contributed by atoms with Crippen LogP contribution in [0.2, 0.25) is 0 Å². The van der Waals surface area contributed by atoms with Gasteiger partial charge in [0.05, 0.1) is 23.8 Å². The Morgan fingerprint density at radius 1 is 1.04 bits per heavy atom. The first-order valence-electron chi connectivity index (χ1n) is 8.41. The Morgan fingerprint density at radius 2 is 1.92 bits per heavy atom. The summed E-state index contributed by atoms with van der Waals surface area (Å²) in [6.45, 7) is 5.41. The molecule has 0 fully saturated rings. The molecule has 0 radical (unpaired) electrons. The molecule has 4 aromatic rings. The van der Waals surface area contributed by atoms with E-state index in [0.717, 1.165) is 33.9 Å². The molecule has 0 saturated heterocycles. The number of benzene rings is 2. The van der Waals surface area contributed by atoms with E-state index >= 15 is 0 Å². The Bertz CT molecular complexity index is 1000. The van der Waals surface area contributed by atoms with Gasteiger partial charge in [-0.15, -0.1) is 0 Å². The van der Waals surface area contributed by atoms with Crippen LogP contribution in [0.1, 0.15) is 11.1 Å². The summed E-state index contributed by atoms with van der Waals surface area (Å²) < 4.78 is 13.8. The lowest BCUT2D eigenvalue weighted by Gasteiger charge is -2.12. The molecule has 0 amide bonds. The van der Waals surface area contributed by atoms with Crippen molar-refractivity contribution in [2.75, 3.05) is 6.61 Å². The highest BCUT2D eigenvalue weighted by molar-refractivity contribution is 5.79. The molecule has 0 aliphatic rings. The molecule has 25 heavy (non-hydrogen) atoms. The van der Waals surface area contributed by atoms with Crippen LogP contribution in [0.5, 0.6) is 5.75 Å². The molecule has 0 aliphatic carbocycles. The van der Waals surface area contributed by atoms with Crippen molar-refractivity contribution in [2.24, 2.45) is 0 Å². The number of aryl methyl sites for hydroxylation is 2. The van der Waals surface area contributed by atoms with E-state index in [2.05, 4.69) is 42.7 Å². The predicted octanol–water partition coefficient (Wildman–Crippen LogP) is 4.99. The zero-order valence-corrected chi connectivity index (χ0v) is 14.4. The third-order valence-electron chi connectivity index (χ3n) is 4.31. The highest BCUT2D eigenvalue weighted by Crippen LogP contribution is 2.25. The molecule has 2 aromatic heterocycles. The number of para-hydroxylation sites is 2. The van der Waals surface area contributed by atoms with E-state index in [9.17, 15) is 0 Å². The number of nitrogens with zero attached hydrogens (tertiary/aromatic N) is 2. The fraction of sp³-hybridized carbons (Fsp3) is 0.190. The van der Waals surface area contributed by atoms with Gasteiger partial charge >= 0.3 is 0 Å². The maximum atomic E-state index is 6.03. The molecule has 0 aliphatic heterocycles. The Morgan fingerprint density at radius 3 is 2.76 bits per heavy atom. The van der Waals surface area contributed by atoms with Gasteiger partial charge in [-0.2, -0.15) is 0 Å². The highest BCUT2D eigenvalue weighted by atomic mass is 16.5. The van der Waals surface area contributed by atoms with Gasteiger partial charge in [-0.1, -0.05) is 24.3 Å². The number of hydrogen-bond donors (Lipinski definition) is 0. The summed E-state index contributed by atoms with van der Waals surface area (Å²) in [5.41, 5.74) is 4.39. The predicted molar refractivity (Wildman–Crippen MR) is 98.8 cm³/mol. The molecule has 0 atom stereocenters. The highest BCUT2D eigenvalue weighted by Gasteiger charge is 2.14. The van der Waals surface area contributed by atoms with Crippen LogP contribution in [0.15, 0.2) is 65.3 Å². The second-order valence-corrected chi connectivity index (χ2v) is 6.17. The van der Waals surface area contributed by atoms with Crippen LogP contribution in [-0.2, 0) is 6.54 Å². The summed E-state index contributed by atoms with van der Waals surface area (Å²) >= 11 is 0. The lowest BCUT2D eigenvalue weighted by Crippen LogP contribution is -2.10. The molecule has 0 unspecified atom stereocenters. The summed E-state index contributed by atoms with van der Waals surface area (Å²) in [6, 6.07) is 18.2.